The zero-order valence-electron chi connectivity index (χ0n) is 15.4. The van der Waals surface area contributed by atoms with E-state index in [0.717, 1.165) is 23.8 Å². The maximum absolute atomic E-state index is 12.5. The second-order valence-electron chi connectivity index (χ2n) is 7.53. The van der Waals surface area contributed by atoms with Crippen molar-refractivity contribution in [3.63, 3.8) is 0 Å². The normalized spacial score (nSPS) is 23.1. The number of amides is 2. The molecule has 2 bridgehead atoms. The smallest absolute Gasteiger partial charge is 0.255 e. The molecular weight excluding hydrogens is 340 g/mol. The second-order valence-corrected chi connectivity index (χ2v) is 7.53. The molecule has 3 unspecified atom stereocenters. The third-order valence-electron chi connectivity index (χ3n) is 5.84. The van der Waals surface area contributed by atoms with Gasteiger partial charge in [0.25, 0.3) is 5.91 Å². The van der Waals surface area contributed by atoms with Crippen molar-refractivity contribution in [3.05, 3.63) is 54.1 Å². The van der Waals surface area contributed by atoms with Crippen LogP contribution >= 0.6 is 0 Å². The topological polar surface area (TPSA) is 67.4 Å². The molecule has 0 spiro atoms. The van der Waals surface area contributed by atoms with Crippen LogP contribution in [0.15, 0.2) is 48.5 Å². The number of hydrogen-bond donors (Lipinski definition) is 2. The maximum atomic E-state index is 12.5. The number of rotatable bonds is 5. The number of benzene rings is 2. The van der Waals surface area contributed by atoms with Crippen molar-refractivity contribution in [3.8, 4) is 5.75 Å². The molecule has 5 nitrogen and oxygen atoms in total. The summed E-state index contributed by atoms with van der Waals surface area (Å²) in [5.41, 5.74) is 1.99. The highest BCUT2D eigenvalue weighted by Gasteiger charge is 2.42. The van der Waals surface area contributed by atoms with Crippen LogP contribution in [0.5, 0.6) is 5.75 Å². The van der Waals surface area contributed by atoms with Crippen molar-refractivity contribution < 1.29 is 14.3 Å². The van der Waals surface area contributed by atoms with Crippen LogP contribution in [0.25, 0.3) is 0 Å². The number of methoxy groups -OCH3 is 1. The van der Waals surface area contributed by atoms with E-state index in [1.165, 1.54) is 19.3 Å². The fourth-order valence-electron chi connectivity index (χ4n) is 4.38. The zero-order valence-corrected chi connectivity index (χ0v) is 15.4. The van der Waals surface area contributed by atoms with Crippen molar-refractivity contribution in [2.45, 2.75) is 25.7 Å². The molecule has 0 aliphatic heterocycles. The largest absolute Gasteiger partial charge is 0.497 e. The predicted octanol–water partition coefficient (Wildman–Crippen LogP) is 4.32. The lowest BCUT2D eigenvalue weighted by Gasteiger charge is -2.20. The molecule has 2 aromatic rings. The number of nitrogens with one attached hydrogen (secondary N) is 2. The van der Waals surface area contributed by atoms with Crippen LogP contribution in [-0.2, 0) is 4.79 Å². The van der Waals surface area contributed by atoms with Crippen molar-refractivity contribution in [1.82, 2.24) is 0 Å². The van der Waals surface area contributed by atoms with Gasteiger partial charge in [0, 0.05) is 22.9 Å². The van der Waals surface area contributed by atoms with Crippen molar-refractivity contribution in [1.29, 1.82) is 0 Å². The van der Waals surface area contributed by atoms with Crippen LogP contribution in [0.2, 0.25) is 0 Å². The highest BCUT2D eigenvalue weighted by molar-refractivity contribution is 6.04. The van der Waals surface area contributed by atoms with Gasteiger partial charge >= 0.3 is 0 Å². The Morgan fingerprint density at radius 1 is 0.889 bits per heavy atom. The number of hydrogen-bond acceptors (Lipinski definition) is 3. The molecule has 2 saturated carbocycles. The first kappa shape index (κ1) is 17.6. The predicted molar refractivity (Wildman–Crippen MR) is 105 cm³/mol. The second kappa shape index (κ2) is 7.43. The van der Waals surface area contributed by atoms with Crippen LogP contribution in [0.1, 0.15) is 36.0 Å². The van der Waals surface area contributed by atoms with Gasteiger partial charge in [-0.1, -0.05) is 6.42 Å². The molecule has 2 aliphatic carbocycles. The van der Waals surface area contributed by atoms with Gasteiger partial charge in [-0.3, -0.25) is 9.59 Å². The molecule has 3 atom stereocenters. The Balaban J connectivity index is 1.35. The number of carbonyl (C=O) groups is 2. The van der Waals surface area contributed by atoms with Crippen LogP contribution < -0.4 is 15.4 Å². The molecule has 140 valence electrons. The minimum absolute atomic E-state index is 0.123. The monoisotopic (exact) mass is 364 g/mol. The van der Waals surface area contributed by atoms with Gasteiger partial charge in [0.05, 0.1) is 7.11 Å². The summed E-state index contributed by atoms with van der Waals surface area (Å²) < 4.78 is 5.11. The van der Waals surface area contributed by atoms with E-state index in [2.05, 4.69) is 10.6 Å². The molecule has 2 fully saturated rings. The van der Waals surface area contributed by atoms with Gasteiger partial charge < -0.3 is 15.4 Å². The van der Waals surface area contributed by atoms with Gasteiger partial charge in [0.1, 0.15) is 5.75 Å². The van der Waals surface area contributed by atoms with Gasteiger partial charge in [-0.2, -0.15) is 0 Å². The summed E-state index contributed by atoms with van der Waals surface area (Å²) in [6.45, 7) is 0. The first-order valence-electron chi connectivity index (χ1n) is 9.48. The van der Waals surface area contributed by atoms with Crippen LogP contribution in [0.4, 0.5) is 11.4 Å². The minimum Gasteiger partial charge on any atom is -0.497 e. The summed E-state index contributed by atoms with van der Waals surface area (Å²) in [4.78, 5) is 24.9. The summed E-state index contributed by atoms with van der Waals surface area (Å²) >= 11 is 0. The lowest BCUT2D eigenvalue weighted by atomic mass is 9.88. The maximum Gasteiger partial charge on any atom is 0.255 e. The average molecular weight is 364 g/mol. The Morgan fingerprint density at radius 2 is 1.56 bits per heavy atom. The summed E-state index contributed by atoms with van der Waals surface area (Å²) in [5, 5.41) is 5.86. The molecule has 5 heteroatoms. The zero-order chi connectivity index (χ0) is 18.8. The van der Waals surface area contributed by atoms with Crippen LogP contribution in [0, 0.1) is 17.8 Å². The van der Waals surface area contributed by atoms with E-state index >= 15 is 0 Å². The lowest BCUT2D eigenvalue weighted by Crippen LogP contribution is -2.27. The minimum atomic E-state index is -0.189. The molecule has 0 heterocycles. The highest BCUT2D eigenvalue weighted by Crippen LogP contribution is 2.48. The van der Waals surface area contributed by atoms with Gasteiger partial charge in [0.2, 0.25) is 5.91 Å². The van der Waals surface area contributed by atoms with Gasteiger partial charge in [-0.25, -0.2) is 0 Å². The molecule has 2 N–H and O–H groups in total. The number of fused-ring (bicyclic) bond motifs is 2. The third-order valence-corrected chi connectivity index (χ3v) is 5.84. The first-order valence-corrected chi connectivity index (χ1v) is 9.48. The third kappa shape index (κ3) is 3.82. The number of anilines is 2. The molecule has 0 radical (unpaired) electrons. The van der Waals surface area contributed by atoms with Crippen molar-refractivity contribution >= 4 is 23.2 Å². The van der Waals surface area contributed by atoms with E-state index in [1.54, 1.807) is 55.6 Å². The molecule has 0 aromatic heterocycles. The van der Waals surface area contributed by atoms with Crippen LogP contribution in [0.3, 0.4) is 0 Å². The number of carbonyl (C=O) groups excluding carboxylic acids is 2. The quantitative estimate of drug-likeness (QED) is 0.830. The Hall–Kier alpha value is -2.82. The first-order chi connectivity index (χ1) is 13.1. The summed E-state index contributed by atoms with van der Waals surface area (Å²) in [6, 6.07) is 14.2. The summed E-state index contributed by atoms with van der Waals surface area (Å²) in [7, 11) is 1.60. The summed E-state index contributed by atoms with van der Waals surface area (Å²) in [6.07, 6.45) is 4.71. The SMILES string of the molecule is COc1ccc(NC(=O)c2ccc(NC(=O)C3CC4CCC3C4)cc2)cc1. The fraction of sp³-hybridized carbons (Fsp3) is 0.364. The molecule has 0 saturated heterocycles. The summed E-state index contributed by atoms with van der Waals surface area (Å²) in [5.74, 6) is 2.13. The fourth-order valence-corrected chi connectivity index (χ4v) is 4.38. The molecule has 4 rings (SSSR count). The molecular formula is C22H24N2O3. The number of ether oxygens (including phenoxy) is 1. The van der Waals surface area contributed by atoms with Gasteiger partial charge in [0.15, 0.2) is 0 Å². The van der Waals surface area contributed by atoms with E-state index in [-0.39, 0.29) is 17.7 Å². The van der Waals surface area contributed by atoms with Crippen LogP contribution in [-0.4, -0.2) is 18.9 Å². The van der Waals surface area contributed by atoms with Gasteiger partial charge in [-0.15, -0.1) is 0 Å². The average Bonchev–Trinajstić information content (AvgIpc) is 3.33. The van der Waals surface area contributed by atoms with Crippen molar-refractivity contribution in [2.75, 3.05) is 17.7 Å². The van der Waals surface area contributed by atoms with Gasteiger partial charge in [-0.05, 0) is 79.6 Å². The van der Waals surface area contributed by atoms with E-state index < -0.39 is 0 Å². The molecule has 27 heavy (non-hydrogen) atoms. The molecule has 2 aromatic carbocycles. The Morgan fingerprint density at radius 3 is 2.15 bits per heavy atom. The molecule has 2 amide bonds. The van der Waals surface area contributed by atoms with E-state index in [0.29, 0.717) is 17.2 Å². The van der Waals surface area contributed by atoms with Crippen molar-refractivity contribution in [2.24, 2.45) is 17.8 Å². The Bertz CT molecular complexity index is 830. The van der Waals surface area contributed by atoms with E-state index in [1.807, 2.05) is 0 Å². The Labute approximate surface area is 159 Å². The standard InChI is InChI=1S/C22H24N2O3/c1-27-19-10-8-18(9-11-19)23-21(25)15-4-6-17(7-5-15)24-22(26)20-13-14-2-3-16(20)12-14/h4-11,14,16,20H,2-3,12-13H2,1H3,(H,23,25)(H,24,26). The Kier molecular flexibility index (Phi) is 4.84. The highest BCUT2D eigenvalue weighted by atomic mass is 16.5. The molecule has 2 aliphatic rings. The lowest BCUT2D eigenvalue weighted by molar-refractivity contribution is -0.121. The van der Waals surface area contributed by atoms with E-state index in [9.17, 15) is 9.59 Å². The van der Waals surface area contributed by atoms with E-state index in [4.69, 9.17) is 4.74 Å².